The fourth-order valence-electron chi connectivity index (χ4n) is 9.50. The molecule has 4 rings (SSSR count). The largest absolute Gasteiger partial charge is 0.461 e. The van der Waals surface area contributed by atoms with Gasteiger partial charge in [0.2, 0.25) is 5.79 Å². The van der Waals surface area contributed by atoms with Crippen molar-refractivity contribution in [2.24, 2.45) is 28.8 Å². The van der Waals surface area contributed by atoms with Gasteiger partial charge in [-0.1, -0.05) is 69.6 Å². The van der Waals surface area contributed by atoms with Crippen LogP contribution in [-0.2, 0) is 44.5 Å². The van der Waals surface area contributed by atoms with Crippen molar-refractivity contribution in [2.75, 3.05) is 20.7 Å². The van der Waals surface area contributed by atoms with Crippen LogP contribution >= 0.6 is 0 Å². The van der Waals surface area contributed by atoms with Crippen molar-refractivity contribution >= 4 is 17.7 Å². The molecule has 1 aromatic rings. The number of carbonyl (C=O) groups excluding carboxylic acids is 2. The van der Waals surface area contributed by atoms with Gasteiger partial charge >= 0.3 is 11.9 Å². The van der Waals surface area contributed by atoms with E-state index in [2.05, 4.69) is 0 Å². The van der Waals surface area contributed by atoms with Crippen LogP contribution in [0.15, 0.2) is 35.5 Å². The Hall–Kier alpha value is -2.69. The molecule has 14 atom stereocenters. The van der Waals surface area contributed by atoms with Crippen LogP contribution < -0.4 is 0 Å². The van der Waals surface area contributed by atoms with E-state index < -0.39 is 89.4 Å². The molecular formula is C45H74N2O12. The number of rotatable bonds is 11. The highest BCUT2D eigenvalue weighted by molar-refractivity contribution is 5.89. The van der Waals surface area contributed by atoms with Crippen LogP contribution in [0.1, 0.15) is 119 Å². The summed E-state index contributed by atoms with van der Waals surface area (Å²) in [6.45, 7) is 15.8. The fraction of sp³-hybridized carbons (Fsp3) is 0.800. The highest BCUT2D eigenvalue weighted by atomic mass is 16.8. The maximum Gasteiger partial charge on any atom is 0.312 e. The molecule has 3 fully saturated rings. The van der Waals surface area contributed by atoms with E-state index in [1.54, 1.807) is 46.8 Å². The van der Waals surface area contributed by atoms with Gasteiger partial charge in [0.15, 0.2) is 6.29 Å². The highest BCUT2D eigenvalue weighted by Crippen LogP contribution is 2.40. The van der Waals surface area contributed by atoms with Gasteiger partial charge in [0.05, 0.1) is 42.0 Å². The number of ether oxygens (including phenoxy) is 5. The molecule has 0 spiro atoms. The zero-order valence-corrected chi connectivity index (χ0v) is 37.3. The molecule has 1 aliphatic carbocycles. The van der Waals surface area contributed by atoms with E-state index in [1.807, 2.05) is 58.0 Å². The minimum atomic E-state index is -1.97. The molecule has 59 heavy (non-hydrogen) atoms. The topological polar surface area (TPSA) is 186 Å². The smallest absolute Gasteiger partial charge is 0.312 e. The average Bonchev–Trinajstić information content (AvgIpc) is 3.18. The Morgan fingerprint density at radius 3 is 2.20 bits per heavy atom. The third kappa shape index (κ3) is 12.0. The Morgan fingerprint density at radius 1 is 0.966 bits per heavy atom. The van der Waals surface area contributed by atoms with Crippen molar-refractivity contribution in [1.29, 1.82) is 0 Å². The van der Waals surface area contributed by atoms with Gasteiger partial charge in [-0.15, -0.1) is 0 Å². The zero-order chi connectivity index (χ0) is 43.9. The Bertz CT molecular complexity index is 1510. The molecular weight excluding hydrogens is 760 g/mol. The van der Waals surface area contributed by atoms with Crippen LogP contribution in [0.3, 0.4) is 0 Å². The van der Waals surface area contributed by atoms with Gasteiger partial charge in [0, 0.05) is 43.2 Å². The second kappa shape index (κ2) is 20.9. The summed E-state index contributed by atoms with van der Waals surface area (Å²) in [5, 5.41) is 53.3. The van der Waals surface area contributed by atoms with E-state index in [-0.39, 0.29) is 31.4 Å². The molecule has 1 saturated carbocycles. The summed E-state index contributed by atoms with van der Waals surface area (Å²) in [6.07, 6.45) is -3.11. The zero-order valence-electron chi connectivity index (χ0n) is 37.3. The van der Waals surface area contributed by atoms with Gasteiger partial charge in [-0.05, 0) is 86.4 Å². The van der Waals surface area contributed by atoms with E-state index >= 15 is 0 Å². The standard InChI is InChI=1S/C45H74N2O12/c1-12-34-44(9,53)39(50)29(5)36(46-59-45(54-13-2)22-18-15-19-23-45)27(3)26-43(8,52)40(58-42-37(49)33(47(10)11)24-28(4)55-42)30(6)38(31(7)41(51)56-34)57-35(48)25-32-20-16-14-17-21-32/h14,16-17,20-21,27-31,33-34,37-40,42,49-50,52-53H,12-13,15,18-19,22-26H2,1-11H3/b46-36+/t27-,28+,29+,30-,31+,33-,34-,37+,38-,39+,40+,42-,43-,44+/m0/s1. The van der Waals surface area contributed by atoms with Gasteiger partial charge in [-0.25, -0.2) is 0 Å². The molecule has 0 aromatic heterocycles. The maximum absolute atomic E-state index is 14.2. The third-order valence-electron chi connectivity index (χ3n) is 12.9. The minimum absolute atomic E-state index is 0.0266. The first-order valence-electron chi connectivity index (χ1n) is 21.8. The third-order valence-corrected chi connectivity index (χ3v) is 12.9. The summed E-state index contributed by atoms with van der Waals surface area (Å²) in [5.41, 5.74) is -2.70. The van der Waals surface area contributed by atoms with Crippen molar-refractivity contribution < 1.29 is 58.5 Å². The number of hydrogen-bond donors (Lipinski definition) is 4. The van der Waals surface area contributed by atoms with E-state index in [9.17, 15) is 30.0 Å². The second-order valence-corrected chi connectivity index (χ2v) is 18.2. The predicted octanol–water partition coefficient (Wildman–Crippen LogP) is 5.15. The van der Waals surface area contributed by atoms with Gasteiger partial charge in [-0.3, -0.25) is 9.59 Å². The Morgan fingerprint density at radius 2 is 1.61 bits per heavy atom. The molecule has 2 saturated heterocycles. The molecule has 14 heteroatoms. The molecule has 2 aliphatic heterocycles. The number of cyclic esters (lactones) is 1. The van der Waals surface area contributed by atoms with Crippen molar-refractivity contribution in [2.45, 2.75) is 186 Å². The quantitative estimate of drug-likeness (QED) is 0.130. The molecule has 0 bridgehead atoms. The summed E-state index contributed by atoms with van der Waals surface area (Å²) in [7, 11) is 3.73. The highest BCUT2D eigenvalue weighted by Gasteiger charge is 2.52. The first-order chi connectivity index (χ1) is 27.7. The molecule has 1 aromatic carbocycles. The molecule has 0 amide bonds. The lowest BCUT2D eigenvalue weighted by atomic mass is 9.73. The van der Waals surface area contributed by atoms with Crippen LogP contribution in [0.25, 0.3) is 0 Å². The second-order valence-electron chi connectivity index (χ2n) is 18.2. The van der Waals surface area contributed by atoms with Gasteiger partial charge < -0.3 is 53.8 Å². The van der Waals surface area contributed by atoms with Crippen LogP contribution in [0, 0.1) is 23.7 Å². The first-order valence-corrected chi connectivity index (χ1v) is 21.8. The number of hydrogen-bond acceptors (Lipinski definition) is 14. The lowest BCUT2D eigenvalue weighted by Crippen LogP contribution is -2.60. The average molecular weight is 835 g/mol. The number of aliphatic hydroxyl groups is 4. The lowest BCUT2D eigenvalue weighted by molar-refractivity contribution is -0.299. The normalized spacial score (nSPS) is 39.6. The van der Waals surface area contributed by atoms with Gasteiger partial charge in [0.25, 0.3) is 0 Å². The Kier molecular flexibility index (Phi) is 17.4. The molecule has 14 nitrogen and oxygen atoms in total. The summed E-state index contributed by atoms with van der Waals surface area (Å²) < 4.78 is 31.4. The molecule has 2 heterocycles. The fourth-order valence-corrected chi connectivity index (χ4v) is 9.50. The molecule has 3 aliphatic rings. The van der Waals surface area contributed by atoms with Crippen molar-refractivity contribution in [1.82, 2.24) is 4.90 Å². The van der Waals surface area contributed by atoms with Crippen molar-refractivity contribution in [3.63, 3.8) is 0 Å². The van der Waals surface area contributed by atoms with Crippen LogP contribution in [0.5, 0.6) is 0 Å². The first kappa shape index (κ1) is 49.0. The lowest BCUT2D eigenvalue weighted by Gasteiger charge is -2.47. The summed E-state index contributed by atoms with van der Waals surface area (Å²) in [4.78, 5) is 36.2. The van der Waals surface area contributed by atoms with Crippen LogP contribution in [0.2, 0.25) is 0 Å². The van der Waals surface area contributed by atoms with E-state index in [4.69, 9.17) is 33.7 Å². The van der Waals surface area contributed by atoms with Crippen molar-refractivity contribution in [3.05, 3.63) is 35.9 Å². The number of benzene rings is 1. The van der Waals surface area contributed by atoms with E-state index in [0.717, 1.165) is 19.3 Å². The van der Waals surface area contributed by atoms with Crippen molar-refractivity contribution in [3.8, 4) is 0 Å². The minimum Gasteiger partial charge on any atom is -0.461 e. The SMILES string of the molecule is CCOC1(O/N=C2/[C@@H](C)[C@@H](O)[C@](C)(O)[C@H](CC)OC(=O)[C@H](C)[C@@H](OC(=O)Cc3ccccc3)[C@H](C)[C@@H](O[C@@H]3O[C@H](C)C[C@H](N(C)C)[C@H]3O)[C@@](C)(O)C[C@@H]2C)CCCCC1. The number of carbonyl (C=O) groups is 2. The summed E-state index contributed by atoms with van der Waals surface area (Å²) >= 11 is 0. The van der Waals surface area contributed by atoms with E-state index in [0.29, 0.717) is 37.1 Å². The molecule has 4 N–H and O–H groups in total. The molecule has 0 radical (unpaired) electrons. The maximum atomic E-state index is 14.2. The number of esters is 2. The van der Waals surface area contributed by atoms with E-state index in [1.165, 1.54) is 6.92 Å². The van der Waals surface area contributed by atoms with Crippen LogP contribution in [0.4, 0.5) is 0 Å². The van der Waals surface area contributed by atoms with Crippen LogP contribution in [-0.4, -0.2) is 130 Å². The summed E-state index contributed by atoms with van der Waals surface area (Å²) in [5.74, 6) is -5.88. The Balaban J connectivity index is 1.87. The summed E-state index contributed by atoms with van der Waals surface area (Å²) in [6, 6.07) is 8.73. The predicted molar refractivity (Wildman–Crippen MR) is 222 cm³/mol. The molecule has 0 unspecified atom stereocenters. The number of nitrogens with zero attached hydrogens (tertiary/aromatic N) is 2. The monoisotopic (exact) mass is 835 g/mol. The van der Waals surface area contributed by atoms with Gasteiger partial charge in [-0.2, -0.15) is 0 Å². The number of aliphatic hydroxyl groups excluding tert-OH is 2. The number of likely N-dealkylation sites (N-methyl/N-ethyl adjacent to an activating group) is 1. The number of oxime groups is 1. The Labute approximate surface area is 351 Å². The van der Waals surface area contributed by atoms with Gasteiger partial charge in [0.1, 0.15) is 23.9 Å². The molecule has 336 valence electrons.